The van der Waals surface area contributed by atoms with E-state index in [9.17, 15) is 0 Å². The minimum Gasteiger partial charge on any atom is -0.497 e. The number of nitrogens with one attached hydrogen (secondary N) is 2. The molecule has 0 aliphatic heterocycles. The fraction of sp³-hybridized carbons (Fsp3) is 0.625. The van der Waals surface area contributed by atoms with Gasteiger partial charge in [0.1, 0.15) is 5.75 Å². The van der Waals surface area contributed by atoms with Gasteiger partial charge in [-0.15, -0.1) is 0 Å². The Kier molecular flexibility index (Phi) is 8.26. The highest BCUT2D eigenvalue weighted by Crippen LogP contribution is 2.12. The van der Waals surface area contributed by atoms with Crippen molar-refractivity contribution in [2.45, 2.75) is 26.7 Å². The van der Waals surface area contributed by atoms with Gasteiger partial charge in [-0.1, -0.05) is 26.0 Å². The molecule has 0 aromatic heterocycles. The number of hydrogen-bond donors (Lipinski definition) is 2. The third-order valence-corrected chi connectivity index (χ3v) is 3.01. The van der Waals surface area contributed by atoms with Crippen molar-refractivity contribution in [1.82, 2.24) is 10.6 Å². The summed E-state index contributed by atoms with van der Waals surface area (Å²) in [6, 6.07) is 8.34. The fourth-order valence-corrected chi connectivity index (χ4v) is 1.90. The van der Waals surface area contributed by atoms with Crippen molar-refractivity contribution in [3.63, 3.8) is 0 Å². The quantitative estimate of drug-likeness (QED) is 0.637. The minimum absolute atomic E-state index is 0.732. The van der Waals surface area contributed by atoms with E-state index in [0.29, 0.717) is 0 Å². The monoisotopic (exact) mass is 264 g/mol. The summed E-state index contributed by atoms with van der Waals surface area (Å²) in [5, 5.41) is 6.89. The Balaban J connectivity index is 1.98. The smallest absolute Gasteiger partial charge is 0.118 e. The first kappa shape index (κ1) is 16.0. The molecular weight excluding hydrogens is 236 g/mol. The molecule has 19 heavy (non-hydrogen) atoms. The molecule has 0 heterocycles. The number of rotatable bonds is 10. The standard InChI is InChI=1S/C16H28N2O/c1-14(2)13-18-12-11-17-10-4-5-15-6-8-16(19-3)9-7-15/h6-9,14,17-18H,4-5,10-13H2,1-3H3. The van der Waals surface area contributed by atoms with Crippen molar-refractivity contribution in [2.24, 2.45) is 5.92 Å². The van der Waals surface area contributed by atoms with Gasteiger partial charge in [-0.25, -0.2) is 0 Å². The molecule has 2 N–H and O–H groups in total. The van der Waals surface area contributed by atoms with Crippen LogP contribution in [-0.2, 0) is 6.42 Å². The van der Waals surface area contributed by atoms with Gasteiger partial charge in [0.15, 0.2) is 0 Å². The summed E-state index contributed by atoms with van der Waals surface area (Å²) in [5.41, 5.74) is 1.38. The molecule has 1 rings (SSSR count). The summed E-state index contributed by atoms with van der Waals surface area (Å²) < 4.78 is 5.15. The van der Waals surface area contributed by atoms with E-state index in [-0.39, 0.29) is 0 Å². The summed E-state index contributed by atoms with van der Waals surface area (Å²) in [4.78, 5) is 0. The van der Waals surface area contributed by atoms with Gasteiger partial charge >= 0.3 is 0 Å². The van der Waals surface area contributed by atoms with Crippen molar-refractivity contribution in [3.8, 4) is 5.75 Å². The summed E-state index contributed by atoms with van der Waals surface area (Å²) in [5.74, 6) is 1.66. The molecule has 0 fully saturated rings. The van der Waals surface area contributed by atoms with Crippen LogP contribution in [0.4, 0.5) is 0 Å². The highest BCUT2D eigenvalue weighted by molar-refractivity contribution is 5.27. The van der Waals surface area contributed by atoms with Crippen molar-refractivity contribution in [1.29, 1.82) is 0 Å². The molecule has 0 atom stereocenters. The lowest BCUT2D eigenvalue weighted by atomic mass is 10.1. The lowest BCUT2D eigenvalue weighted by molar-refractivity contribution is 0.414. The Bertz CT molecular complexity index is 322. The molecule has 0 aliphatic rings. The molecule has 1 aromatic carbocycles. The number of methoxy groups -OCH3 is 1. The van der Waals surface area contributed by atoms with Gasteiger partial charge in [0.05, 0.1) is 7.11 Å². The largest absolute Gasteiger partial charge is 0.497 e. The van der Waals surface area contributed by atoms with Gasteiger partial charge in [0, 0.05) is 13.1 Å². The molecule has 0 bridgehead atoms. The van der Waals surface area contributed by atoms with Crippen LogP contribution in [0.2, 0.25) is 0 Å². The molecule has 3 heteroatoms. The van der Waals surface area contributed by atoms with Gasteiger partial charge in [0.2, 0.25) is 0 Å². The van der Waals surface area contributed by atoms with Gasteiger partial charge < -0.3 is 15.4 Å². The number of aryl methyl sites for hydroxylation is 1. The summed E-state index contributed by atoms with van der Waals surface area (Å²) in [6.45, 7) is 8.75. The zero-order chi connectivity index (χ0) is 13.9. The second-order valence-electron chi connectivity index (χ2n) is 5.30. The van der Waals surface area contributed by atoms with E-state index in [4.69, 9.17) is 4.74 Å². The Morgan fingerprint density at radius 3 is 2.32 bits per heavy atom. The van der Waals surface area contributed by atoms with Crippen molar-refractivity contribution < 1.29 is 4.74 Å². The lowest BCUT2D eigenvalue weighted by Crippen LogP contribution is -2.30. The Hall–Kier alpha value is -1.06. The first-order valence-electron chi connectivity index (χ1n) is 7.26. The highest BCUT2D eigenvalue weighted by atomic mass is 16.5. The van der Waals surface area contributed by atoms with Gasteiger partial charge in [0.25, 0.3) is 0 Å². The molecular formula is C16H28N2O. The van der Waals surface area contributed by atoms with Gasteiger partial charge in [-0.05, 0) is 49.5 Å². The van der Waals surface area contributed by atoms with E-state index in [0.717, 1.165) is 44.3 Å². The van der Waals surface area contributed by atoms with Gasteiger partial charge in [-0.2, -0.15) is 0 Å². The molecule has 108 valence electrons. The molecule has 0 unspecified atom stereocenters. The SMILES string of the molecule is COc1ccc(CCCNCCNCC(C)C)cc1. The molecule has 1 aromatic rings. The lowest BCUT2D eigenvalue weighted by Gasteiger charge is -2.08. The fourth-order valence-electron chi connectivity index (χ4n) is 1.90. The second kappa shape index (κ2) is 9.82. The number of benzene rings is 1. The van der Waals surface area contributed by atoms with E-state index in [2.05, 4.69) is 36.6 Å². The van der Waals surface area contributed by atoms with Crippen LogP contribution in [0.15, 0.2) is 24.3 Å². The normalized spacial score (nSPS) is 10.9. The Labute approximate surface area is 117 Å². The number of ether oxygens (including phenoxy) is 1. The molecule has 0 saturated carbocycles. The third kappa shape index (κ3) is 7.85. The average Bonchev–Trinajstić information content (AvgIpc) is 2.42. The molecule has 0 amide bonds. The number of hydrogen-bond acceptors (Lipinski definition) is 3. The van der Waals surface area contributed by atoms with Crippen LogP contribution in [-0.4, -0.2) is 33.3 Å². The van der Waals surface area contributed by atoms with Crippen LogP contribution < -0.4 is 15.4 Å². The molecule has 0 spiro atoms. The van der Waals surface area contributed by atoms with Crippen LogP contribution in [0, 0.1) is 5.92 Å². The Morgan fingerprint density at radius 2 is 1.68 bits per heavy atom. The Morgan fingerprint density at radius 1 is 1.00 bits per heavy atom. The summed E-state index contributed by atoms with van der Waals surface area (Å²) in [6.07, 6.45) is 2.30. The predicted molar refractivity (Wildman–Crippen MR) is 81.9 cm³/mol. The highest BCUT2D eigenvalue weighted by Gasteiger charge is 1.95. The maximum Gasteiger partial charge on any atom is 0.118 e. The van der Waals surface area contributed by atoms with Crippen LogP contribution in [0.25, 0.3) is 0 Å². The zero-order valence-corrected chi connectivity index (χ0v) is 12.5. The van der Waals surface area contributed by atoms with Gasteiger partial charge in [-0.3, -0.25) is 0 Å². The third-order valence-electron chi connectivity index (χ3n) is 3.01. The molecule has 0 radical (unpaired) electrons. The first-order chi connectivity index (χ1) is 9.22. The second-order valence-corrected chi connectivity index (χ2v) is 5.30. The molecule has 0 aliphatic carbocycles. The predicted octanol–water partition coefficient (Wildman–Crippen LogP) is 2.46. The molecule has 0 saturated heterocycles. The summed E-state index contributed by atoms with van der Waals surface area (Å²) in [7, 11) is 1.70. The summed E-state index contributed by atoms with van der Waals surface area (Å²) >= 11 is 0. The van der Waals surface area contributed by atoms with Crippen molar-refractivity contribution >= 4 is 0 Å². The van der Waals surface area contributed by atoms with E-state index in [1.165, 1.54) is 12.0 Å². The maximum atomic E-state index is 5.15. The topological polar surface area (TPSA) is 33.3 Å². The van der Waals surface area contributed by atoms with Crippen LogP contribution in [0.1, 0.15) is 25.8 Å². The maximum absolute atomic E-state index is 5.15. The molecule has 3 nitrogen and oxygen atoms in total. The average molecular weight is 264 g/mol. The van der Waals surface area contributed by atoms with E-state index in [1.807, 2.05) is 12.1 Å². The van der Waals surface area contributed by atoms with Crippen molar-refractivity contribution in [3.05, 3.63) is 29.8 Å². The van der Waals surface area contributed by atoms with Crippen LogP contribution in [0.5, 0.6) is 5.75 Å². The van der Waals surface area contributed by atoms with E-state index >= 15 is 0 Å². The first-order valence-corrected chi connectivity index (χ1v) is 7.26. The van der Waals surface area contributed by atoms with Crippen LogP contribution >= 0.6 is 0 Å². The zero-order valence-electron chi connectivity index (χ0n) is 12.5. The van der Waals surface area contributed by atoms with E-state index in [1.54, 1.807) is 7.11 Å². The van der Waals surface area contributed by atoms with E-state index < -0.39 is 0 Å². The minimum atomic E-state index is 0.732. The van der Waals surface area contributed by atoms with Crippen molar-refractivity contribution in [2.75, 3.05) is 33.3 Å². The van der Waals surface area contributed by atoms with Crippen LogP contribution in [0.3, 0.4) is 0 Å².